The van der Waals surface area contributed by atoms with Crippen molar-refractivity contribution in [1.29, 1.82) is 0 Å². The van der Waals surface area contributed by atoms with Crippen molar-refractivity contribution in [3.63, 3.8) is 0 Å². The van der Waals surface area contributed by atoms with Crippen LogP contribution in [0.15, 0.2) is 146 Å². The van der Waals surface area contributed by atoms with E-state index in [1.54, 1.807) is 0 Å². The van der Waals surface area contributed by atoms with Crippen LogP contribution in [0.3, 0.4) is 0 Å². The summed E-state index contributed by atoms with van der Waals surface area (Å²) in [5, 5.41) is 0. The molecular weight excluding hydrogens is 1000 g/mol. The molecule has 2 unspecified atom stereocenters. The molecule has 0 aliphatic carbocycles. The van der Waals surface area contributed by atoms with Gasteiger partial charge in [0, 0.05) is 19.4 Å². The van der Waals surface area contributed by atoms with Crippen molar-refractivity contribution in [2.75, 3.05) is 26.4 Å². The minimum Gasteiger partial charge on any atom is -0.462 e. The van der Waals surface area contributed by atoms with Crippen LogP contribution in [0.4, 0.5) is 0 Å². The van der Waals surface area contributed by atoms with Crippen molar-refractivity contribution in [2.45, 2.75) is 251 Å². The number of nitrogens with two attached hydrogens (primary N) is 1. The summed E-state index contributed by atoms with van der Waals surface area (Å²) >= 11 is 0. The monoisotopic (exact) mass is 1120 g/mol. The average Bonchev–Trinajstić information content (AvgIpc) is 3.44. The summed E-state index contributed by atoms with van der Waals surface area (Å²) in [6, 6.07) is 0. The summed E-state index contributed by atoms with van der Waals surface area (Å²) in [5.74, 6) is -0.852. The van der Waals surface area contributed by atoms with Crippen molar-refractivity contribution in [3.05, 3.63) is 146 Å². The molecular formula is C69H114NO8P. The first-order valence-electron chi connectivity index (χ1n) is 31.3. The molecule has 0 radical (unpaired) electrons. The number of phosphoric ester groups is 1. The van der Waals surface area contributed by atoms with E-state index in [0.29, 0.717) is 6.42 Å². The summed E-state index contributed by atoms with van der Waals surface area (Å²) < 4.78 is 33.1. The van der Waals surface area contributed by atoms with E-state index >= 15 is 0 Å². The van der Waals surface area contributed by atoms with Gasteiger partial charge in [0.2, 0.25) is 0 Å². The molecule has 0 heterocycles. The van der Waals surface area contributed by atoms with E-state index in [4.69, 9.17) is 24.3 Å². The van der Waals surface area contributed by atoms with Crippen LogP contribution < -0.4 is 5.73 Å². The van der Waals surface area contributed by atoms with Crippen LogP contribution in [0.1, 0.15) is 245 Å². The highest BCUT2D eigenvalue weighted by Crippen LogP contribution is 2.43. The highest BCUT2D eigenvalue weighted by atomic mass is 31.2. The van der Waals surface area contributed by atoms with Gasteiger partial charge in [-0.1, -0.05) is 262 Å². The summed E-state index contributed by atoms with van der Waals surface area (Å²) in [7, 11) is -4.41. The number of ether oxygens (including phenoxy) is 2. The first kappa shape index (κ1) is 74.9. The molecule has 10 heteroatoms. The number of unbranched alkanes of at least 4 members (excludes halogenated alkanes) is 20. The number of rotatable bonds is 57. The lowest BCUT2D eigenvalue weighted by molar-refractivity contribution is -0.161. The third-order valence-electron chi connectivity index (χ3n) is 12.7. The highest BCUT2D eigenvalue weighted by molar-refractivity contribution is 7.47. The molecule has 448 valence electrons. The number of hydrogen-bond donors (Lipinski definition) is 2. The maximum atomic E-state index is 12.7. The predicted octanol–water partition coefficient (Wildman–Crippen LogP) is 20.3. The molecule has 0 fully saturated rings. The summed E-state index contributed by atoms with van der Waals surface area (Å²) in [6.07, 6.45) is 90.5. The molecule has 0 saturated heterocycles. The van der Waals surface area contributed by atoms with E-state index in [1.807, 2.05) is 0 Å². The molecule has 0 aliphatic rings. The van der Waals surface area contributed by atoms with E-state index in [-0.39, 0.29) is 32.6 Å². The minimum atomic E-state index is -4.41. The largest absolute Gasteiger partial charge is 0.472 e. The summed E-state index contributed by atoms with van der Waals surface area (Å²) in [4.78, 5) is 35.3. The van der Waals surface area contributed by atoms with Crippen molar-refractivity contribution in [2.24, 2.45) is 5.73 Å². The Labute approximate surface area is 484 Å². The van der Waals surface area contributed by atoms with Gasteiger partial charge in [-0.2, -0.15) is 0 Å². The lowest BCUT2D eigenvalue weighted by atomic mass is 10.0. The van der Waals surface area contributed by atoms with Gasteiger partial charge in [0.15, 0.2) is 6.10 Å². The Balaban J connectivity index is 4.03. The van der Waals surface area contributed by atoms with Gasteiger partial charge in [0.25, 0.3) is 0 Å². The third-order valence-corrected chi connectivity index (χ3v) is 13.7. The van der Waals surface area contributed by atoms with Gasteiger partial charge in [-0.15, -0.1) is 0 Å². The average molecular weight is 1120 g/mol. The maximum Gasteiger partial charge on any atom is 0.472 e. The predicted molar refractivity (Wildman–Crippen MR) is 339 cm³/mol. The Hall–Kier alpha value is -4.11. The number of esters is 2. The molecule has 0 bridgehead atoms. The molecule has 0 aliphatic heterocycles. The van der Waals surface area contributed by atoms with E-state index < -0.39 is 32.5 Å². The van der Waals surface area contributed by atoms with Crippen LogP contribution in [0.5, 0.6) is 0 Å². The fourth-order valence-electron chi connectivity index (χ4n) is 8.17. The minimum absolute atomic E-state index is 0.0434. The van der Waals surface area contributed by atoms with Gasteiger partial charge in [0.05, 0.1) is 13.2 Å². The van der Waals surface area contributed by atoms with Gasteiger partial charge >= 0.3 is 19.8 Å². The normalized spacial score (nSPS) is 14.0. The number of carbonyl (C=O) groups is 2. The molecule has 2 atom stereocenters. The van der Waals surface area contributed by atoms with Crippen molar-refractivity contribution in [3.8, 4) is 0 Å². The Morgan fingerprint density at radius 2 is 0.658 bits per heavy atom. The standard InChI is InChI=1S/C69H114NO8P/c1-3-5-7-9-11-13-15-17-19-21-23-25-27-29-31-32-33-34-36-38-40-42-44-46-48-50-52-54-56-58-60-62-69(72)78-67(66-77-79(73,74)76-64-63-70)65-75-68(71)61-59-57-55-53-51-49-47-45-43-41-39-37-35-30-28-26-24-22-20-18-16-14-12-10-8-6-4-2/h5-8,11-14,17-20,23-26,29,31,33-34,38,40,44,46,67H,3-4,9-10,15-16,21-22,27-28,30,32,35-37,39,41-43,45,47-66,70H2,1-2H3,(H,73,74)/b7-5-,8-6-,13-11-,14-12-,19-17-,20-18-,25-23-,26-24-,31-29-,34-33-,40-38-,46-44-. The zero-order chi connectivity index (χ0) is 57.3. The smallest absolute Gasteiger partial charge is 0.462 e. The third kappa shape index (κ3) is 62.9. The Morgan fingerprint density at radius 1 is 0.380 bits per heavy atom. The summed E-state index contributed by atoms with van der Waals surface area (Å²) in [5.41, 5.74) is 5.39. The second-order valence-corrected chi connectivity index (χ2v) is 21.6. The Morgan fingerprint density at radius 3 is 0.975 bits per heavy atom. The topological polar surface area (TPSA) is 134 Å². The second kappa shape index (κ2) is 63.1. The van der Waals surface area contributed by atoms with Crippen molar-refractivity contribution < 1.29 is 37.6 Å². The van der Waals surface area contributed by atoms with Crippen molar-refractivity contribution >= 4 is 19.8 Å². The maximum absolute atomic E-state index is 12.7. The lowest BCUT2D eigenvalue weighted by Gasteiger charge is -2.19. The van der Waals surface area contributed by atoms with Gasteiger partial charge < -0.3 is 20.1 Å². The molecule has 0 aromatic heterocycles. The van der Waals surface area contributed by atoms with Crippen LogP contribution in [0.25, 0.3) is 0 Å². The molecule has 79 heavy (non-hydrogen) atoms. The number of allylic oxidation sites excluding steroid dienone is 24. The molecule has 0 amide bonds. The van der Waals surface area contributed by atoms with Crippen LogP contribution >= 0.6 is 7.82 Å². The molecule has 0 spiro atoms. The van der Waals surface area contributed by atoms with Gasteiger partial charge in [-0.3, -0.25) is 18.6 Å². The fourth-order valence-corrected chi connectivity index (χ4v) is 8.94. The zero-order valence-electron chi connectivity index (χ0n) is 50.0. The van der Waals surface area contributed by atoms with Crippen molar-refractivity contribution in [1.82, 2.24) is 0 Å². The first-order valence-corrected chi connectivity index (χ1v) is 32.8. The van der Waals surface area contributed by atoms with Crippen LogP contribution in [0, 0.1) is 0 Å². The molecule has 0 saturated carbocycles. The van der Waals surface area contributed by atoms with E-state index in [1.165, 1.54) is 77.0 Å². The molecule has 0 aromatic rings. The van der Waals surface area contributed by atoms with Crippen LogP contribution in [0.2, 0.25) is 0 Å². The quantitative estimate of drug-likeness (QED) is 0.0264. The molecule has 0 aromatic carbocycles. The van der Waals surface area contributed by atoms with E-state index in [9.17, 15) is 19.0 Å². The van der Waals surface area contributed by atoms with Gasteiger partial charge in [-0.05, 0) is 116 Å². The van der Waals surface area contributed by atoms with Gasteiger partial charge in [0.1, 0.15) is 6.61 Å². The highest BCUT2D eigenvalue weighted by Gasteiger charge is 2.26. The SMILES string of the molecule is CC/C=C\C/C=C\C/C=C\C/C=C\C/C=C\C/C=C\C/C=C\C/C=C\CCCCCCCCC(=O)OC(COC(=O)CCCCCCCCCCCCCCCC/C=C\C/C=C\C/C=C\C/C=C\CC)COP(=O)(O)OCCN. The van der Waals surface area contributed by atoms with E-state index in [2.05, 4.69) is 160 Å². The zero-order valence-corrected chi connectivity index (χ0v) is 50.9. The first-order chi connectivity index (χ1) is 38.8. The molecule has 3 N–H and O–H groups in total. The Kier molecular flexibility index (Phi) is 59.8. The number of hydrogen-bond acceptors (Lipinski definition) is 8. The van der Waals surface area contributed by atoms with Crippen LogP contribution in [-0.4, -0.2) is 49.3 Å². The second-order valence-electron chi connectivity index (χ2n) is 20.2. The van der Waals surface area contributed by atoms with E-state index in [0.717, 1.165) is 135 Å². The lowest BCUT2D eigenvalue weighted by Crippen LogP contribution is -2.29. The molecule has 0 rings (SSSR count). The van der Waals surface area contributed by atoms with Crippen LogP contribution in [-0.2, 0) is 32.7 Å². The summed E-state index contributed by atoms with van der Waals surface area (Å²) in [6.45, 7) is 3.50. The fraction of sp³-hybridized carbons (Fsp3) is 0.623. The number of carbonyl (C=O) groups excluding carboxylic acids is 2. The molecule has 9 nitrogen and oxygen atoms in total. The Bertz CT molecular complexity index is 1800. The number of phosphoric acid groups is 1. The van der Waals surface area contributed by atoms with Gasteiger partial charge in [-0.25, -0.2) is 4.57 Å².